The van der Waals surface area contributed by atoms with Gasteiger partial charge in [-0.15, -0.1) is 0 Å². The Bertz CT molecular complexity index is 470. The van der Waals surface area contributed by atoms with Crippen LogP contribution in [-0.2, 0) is 6.54 Å². The highest BCUT2D eigenvalue weighted by molar-refractivity contribution is 5.92. The Hall–Kier alpha value is -2.51. The second-order valence-corrected chi connectivity index (χ2v) is 2.90. The molecule has 1 aromatic carbocycles. The van der Waals surface area contributed by atoms with Crippen LogP contribution in [-0.4, -0.2) is 20.9 Å². The van der Waals surface area contributed by atoms with Gasteiger partial charge in [-0.05, 0) is 6.07 Å². The minimum absolute atomic E-state index is 0.0849. The molecule has 8 nitrogen and oxygen atoms in total. The molecule has 0 aliphatic heterocycles. The summed E-state index contributed by atoms with van der Waals surface area (Å²) in [4.78, 5) is 29.8. The smallest absolute Gasteiger partial charge is 0.342 e. The predicted molar refractivity (Wildman–Crippen MR) is 50.8 cm³/mol. The van der Waals surface area contributed by atoms with Gasteiger partial charge in [0.25, 0.3) is 5.69 Å². The van der Waals surface area contributed by atoms with Crippen molar-refractivity contribution in [1.29, 1.82) is 0 Å². The Morgan fingerprint density at radius 3 is 2.38 bits per heavy atom. The second kappa shape index (κ2) is 4.34. The molecule has 16 heavy (non-hydrogen) atoms. The summed E-state index contributed by atoms with van der Waals surface area (Å²) in [7, 11) is 0. The summed E-state index contributed by atoms with van der Waals surface area (Å²) in [5.41, 5.74) is -1.05. The fourth-order valence-corrected chi connectivity index (χ4v) is 1.16. The van der Waals surface area contributed by atoms with Crippen LogP contribution in [0.25, 0.3) is 0 Å². The maximum Gasteiger partial charge on any atom is 0.342 e. The number of aromatic carboxylic acids is 1. The van der Waals surface area contributed by atoms with Crippen LogP contribution in [0.5, 0.6) is 0 Å². The zero-order valence-electron chi connectivity index (χ0n) is 7.82. The number of rotatable bonds is 4. The summed E-state index contributed by atoms with van der Waals surface area (Å²) in [5, 5.41) is 29.4. The van der Waals surface area contributed by atoms with Crippen molar-refractivity contribution in [1.82, 2.24) is 0 Å². The first-order chi connectivity index (χ1) is 7.41. The van der Waals surface area contributed by atoms with Crippen LogP contribution in [0.3, 0.4) is 0 Å². The second-order valence-electron chi connectivity index (χ2n) is 2.90. The molecule has 8 heteroatoms. The summed E-state index contributed by atoms with van der Waals surface area (Å²) in [6.45, 7) is -0.583. The average Bonchev–Trinajstić information content (AvgIpc) is 2.16. The highest BCUT2D eigenvalue weighted by Crippen LogP contribution is 2.20. The van der Waals surface area contributed by atoms with Crippen molar-refractivity contribution < 1.29 is 19.7 Å². The van der Waals surface area contributed by atoms with Crippen LogP contribution in [0.1, 0.15) is 15.9 Å². The molecule has 0 heterocycles. The lowest BCUT2D eigenvalue weighted by Gasteiger charge is -1.99. The molecule has 0 bridgehead atoms. The van der Waals surface area contributed by atoms with E-state index in [0.717, 1.165) is 12.1 Å². The van der Waals surface area contributed by atoms with Gasteiger partial charge in [0, 0.05) is 16.6 Å². The topological polar surface area (TPSA) is 124 Å². The van der Waals surface area contributed by atoms with E-state index >= 15 is 0 Å². The molecule has 0 saturated heterocycles. The van der Waals surface area contributed by atoms with Crippen LogP contribution in [0.4, 0.5) is 5.69 Å². The molecule has 1 aromatic rings. The average molecular weight is 226 g/mol. The van der Waals surface area contributed by atoms with Gasteiger partial charge in [0.05, 0.1) is 4.92 Å². The van der Waals surface area contributed by atoms with Crippen molar-refractivity contribution in [2.75, 3.05) is 0 Å². The van der Waals surface area contributed by atoms with Crippen molar-refractivity contribution in [3.8, 4) is 0 Å². The first-order valence-electron chi connectivity index (χ1n) is 4.04. The van der Waals surface area contributed by atoms with Gasteiger partial charge in [-0.2, -0.15) is 0 Å². The lowest BCUT2D eigenvalue weighted by Crippen LogP contribution is -2.05. The lowest BCUT2D eigenvalue weighted by molar-refractivity contribution is -0.496. The minimum atomic E-state index is -1.45. The Balaban J connectivity index is 3.22. The van der Waals surface area contributed by atoms with Gasteiger partial charge in [-0.1, -0.05) is 6.07 Å². The standard InChI is InChI=1S/C8H6N2O6/c11-8(12)6-2-1-5(4-9(13)14)3-7(6)10(15)16/h1-3H,4H2,(H,11,12). The van der Waals surface area contributed by atoms with Crippen molar-refractivity contribution in [2.24, 2.45) is 0 Å². The number of nitro benzene ring substituents is 1. The zero-order valence-corrected chi connectivity index (χ0v) is 7.82. The number of hydrogen-bond donors (Lipinski definition) is 1. The number of hydrogen-bond acceptors (Lipinski definition) is 5. The molecule has 1 N–H and O–H groups in total. The largest absolute Gasteiger partial charge is 0.477 e. The Morgan fingerprint density at radius 2 is 1.94 bits per heavy atom. The Labute approximate surface area is 88.4 Å². The monoisotopic (exact) mass is 226 g/mol. The van der Waals surface area contributed by atoms with Crippen molar-refractivity contribution in [3.05, 3.63) is 49.6 Å². The normalized spacial score (nSPS) is 9.75. The van der Waals surface area contributed by atoms with Crippen LogP contribution in [0, 0.1) is 20.2 Å². The molecule has 0 saturated carbocycles. The van der Waals surface area contributed by atoms with Crippen LogP contribution in [0.2, 0.25) is 0 Å². The molecule has 0 fully saturated rings. The maximum atomic E-state index is 10.6. The van der Waals surface area contributed by atoms with Gasteiger partial charge in [-0.3, -0.25) is 20.2 Å². The molecule has 0 aliphatic rings. The first kappa shape index (κ1) is 11.6. The highest BCUT2D eigenvalue weighted by atomic mass is 16.6. The van der Waals surface area contributed by atoms with E-state index in [0.29, 0.717) is 0 Å². The molecule has 0 amide bonds. The number of benzene rings is 1. The van der Waals surface area contributed by atoms with E-state index in [1.165, 1.54) is 6.07 Å². The molecule has 0 aromatic heterocycles. The van der Waals surface area contributed by atoms with Gasteiger partial charge in [0.2, 0.25) is 6.54 Å². The number of carboxylic acids is 1. The zero-order chi connectivity index (χ0) is 12.3. The van der Waals surface area contributed by atoms with E-state index in [9.17, 15) is 25.0 Å². The van der Waals surface area contributed by atoms with Crippen LogP contribution < -0.4 is 0 Å². The van der Waals surface area contributed by atoms with Crippen molar-refractivity contribution in [3.63, 3.8) is 0 Å². The first-order valence-corrected chi connectivity index (χ1v) is 4.04. The highest BCUT2D eigenvalue weighted by Gasteiger charge is 2.20. The molecular weight excluding hydrogens is 220 g/mol. The third-order valence-corrected chi connectivity index (χ3v) is 1.80. The fourth-order valence-electron chi connectivity index (χ4n) is 1.16. The van der Waals surface area contributed by atoms with Crippen LogP contribution >= 0.6 is 0 Å². The summed E-state index contributed by atoms with van der Waals surface area (Å²) in [6.07, 6.45) is 0. The molecular formula is C8H6N2O6. The van der Waals surface area contributed by atoms with Gasteiger partial charge in [-0.25, -0.2) is 4.79 Å². The van der Waals surface area contributed by atoms with Crippen molar-refractivity contribution >= 4 is 11.7 Å². The quantitative estimate of drug-likeness (QED) is 0.604. The number of carbonyl (C=O) groups is 1. The molecule has 1 rings (SSSR count). The van der Waals surface area contributed by atoms with E-state index in [-0.39, 0.29) is 5.56 Å². The predicted octanol–water partition coefficient (Wildman–Crippen LogP) is 1.07. The van der Waals surface area contributed by atoms with E-state index in [2.05, 4.69) is 0 Å². The van der Waals surface area contributed by atoms with Gasteiger partial charge in [0.1, 0.15) is 5.56 Å². The molecule has 0 atom stereocenters. The Kier molecular flexibility index (Phi) is 3.14. The molecule has 0 unspecified atom stereocenters. The van der Waals surface area contributed by atoms with E-state index in [4.69, 9.17) is 5.11 Å². The lowest BCUT2D eigenvalue weighted by atomic mass is 10.1. The number of nitro groups is 2. The molecule has 0 aliphatic carbocycles. The summed E-state index contributed by atoms with van der Waals surface area (Å²) >= 11 is 0. The summed E-state index contributed by atoms with van der Waals surface area (Å²) < 4.78 is 0. The third-order valence-electron chi connectivity index (χ3n) is 1.80. The molecule has 0 radical (unpaired) electrons. The number of nitrogens with zero attached hydrogens (tertiary/aromatic N) is 2. The maximum absolute atomic E-state index is 10.6. The van der Waals surface area contributed by atoms with E-state index < -0.39 is 33.6 Å². The van der Waals surface area contributed by atoms with E-state index in [1.54, 1.807) is 0 Å². The SMILES string of the molecule is O=C(O)c1ccc(C[N+](=O)[O-])cc1[N+](=O)[O-]. The van der Waals surface area contributed by atoms with Gasteiger partial charge < -0.3 is 5.11 Å². The molecule has 0 spiro atoms. The van der Waals surface area contributed by atoms with Crippen LogP contribution in [0.15, 0.2) is 18.2 Å². The minimum Gasteiger partial charge on any atom is -0.477 e. The number of carboxylic acid groups (broad SMARTS) is 1. The van der Waals surface area contributed by atoms with Gasteiger partial charge >= 0.3 is 5.97 Å². The fraction of sp³-hybridized carbons (Fsp3) is 0.125. The molecule has 84 valence electrons. The summed E-state index contributed by atoms with van der Waals surface area (Å²) in [5.74, 6) is -1.45. The Morgan fingerprint density at radius 1 is 1.31 bits per heavy atom. The third kappa shape index (κ3) is 2.50. The van der Waals surface area contributed by atoms with Gasteiger partial charge in [0.15, 0.2) is 0 Å². The summed E-state index contributed by atoms with van der Waals surface area (Å²) in [6, 6.07) is 3.06. The van der Waals surface area contributed by atoms with Crippen molar-refractivity contribution in [2.45, 2.75) is 6.54 Å². The van der Waals surface area contributed by atoms with E-state index in [1.807, 2.05) is 0 Å².